The number of benzene rings is 1. The molecule has 0 spiro atoms. The SMILES string of the molecule is CC[N+]1=C(C)C(C)(C)c2cc(Br)ccc21.[I-]. The maximum absolute atomic E-state index is 3.55. The summed E-state index contributed by atoms with van der Waals surface area (Å²) in [4.78, 5) is 0. The van der Waals surface area contributed by atoms with E-state index >= 15 is 0 Å². The molecular formula is C13H17BrIN. The van der Waals surface area contributed by atoms with Crippen molar-refractivity contribution < 1.29 is 28.6 Å². The monoisotopic (exact) mass is 393 g/mol. The van der Waals surface area contributed by atoms with E-state index in [1.54, 1.807) is 0 Å². The van der Waals surface area contributed by atoms with Gasteiger partial charge in [0.15, 0.2) is 5.71 Å². The average molecular weight is 394 g/mol. The number of halogens is 2. The molecule has 0 saturated heterocycles. The van der Waals surface area contributed by atoms with Crippen molar-refractivity contribution in [2.45, 2.75) is 33.1 Å². The van der Waals surface area contributed by atoms with E-state index in [1.807, 2.05) is 0 Å². The zero-order valence-electron chi connectivity index (χ0n) is 10.1. The van der Waals surface area contributed by atoms with Crippen LogP contribution in [0.4, 0.5) is 5.69 Å². The Labute approximate surface area is 123 Å². The molecule has 1 nitrogen and oxygen atoms in total. The second-order valence-electron chi connectivity index (χ2n) is 4.62. The van der Waals surface area contributed by atoms with Gasteiger partial charge in [0.1, 0.15) is 6.54 Å². The first-order chi connectivity index (χ1) is 6.98. The Bertz CT molecular complexity index is 449. The van der Waals surface area contributed by atoms with E-state index in [2.05, 4.69) is 66.4 Å². The van der Waals surface area contributed by atoms with Crippen molar-refractivity contribution >= 4 is 27.3 Å². The lowest BCUT2D eigenvalue weighted by molar-refractivity contribution is -0.434. The molecule has 88 valence electrons. The molecule has 1 aromatic rings. The summed E-state index contributed by atoms with van der Waals surface area (Å²) in [7, 11) is 0. The van der Waals surface area contributed by atoms with Crippen LogP contribution in [0.25, 0.3) is 0 Å². The molecule has 1 heterocycles. The van der Waals surface area contributed by atoms with Gasteiger partial charge < -0.3 is 24.0 Å². The highest BCUT2D eigenvalue weighted by Crippen LogP contribution is 2.40. The van der Waals surface area contributed by atoms with Crippen molar-refractivity contribution in [2.75, 3.05) is 6.54 Å². The fraction of sp³-hybridized carbons (Fsp3) is 0.462. The molecule has 0 unspecified atom stereocenters. The predicted octanol–water partition coefficient (Wildman–Crippen LogP) is 0.869. The minimum Gasteiger partial charge on any atom is -1.00 e. The molecule has 2 rings (SSSR count). The van der Waals surface area contributed by atoms with Gasteiger partial charge in [0.2, 0.25) is 5.69 Å². The molecule has 0 aromatic heterocycles. The lowest BCUT2D eigenvalue weighted by Crippen LogP contribution is -3.00. The standard InChI is InChI=1S/C13H17BrN.HI/c1-5-15-9(2)13(3,4)11-8-10(14)6-7-12(11)15;/h6-8H,5H2,1-4H3;1H/q+1;/p-1. The summed E-state index contributed by atoms with van der Waals surface area (Å²) in [6, 6.07) is 6.58. The van der Waals surface area contributed by atoms with Crippen LogP contribution in [-0.2, 0) is 5.41 Å². The van der Waals surface area contributed by atoms with Gasteiger partial charge in [0.25, 0.3) is 0 Å². The van der Waals surface area contributed by atoms with Gasteiger partial charge in [-0.15, -0.1) is 0 Å². The molecule has 0 fully saturated rings. The molecule has 1 aliphatic rings. The molecule has 0 saturated carbocycles. The average Bonchev–Trinajstić information content (AvgIpc) is 2.37. The van der Waals surface area contributed by atoms with E-state index in [0.29, 0.717) is 0 Å². The fourth-order valence-electron chi connectivity index (χ4n) is 2.36. The molecule has 16 heavy (non-hydrogen) atoms. The Morgan fingerprint density at radius 3 is 2.50 bits per heavy atom. The minimum absolute atomic E-state index is 0. The molecule has 0 atom stereocenters. The largest absolute Gasteiger partial charge is 1.00 e. The van der Waals surface area contributed by atoms with Crippen LogP contribution in [0.15, 0.2) is 22.7 Å². The summed E-state index contributed by atoms with van der Waals surface area (Å²) in [5, 5.41) is 0. The van der Waals surface area contributed by atoms with Crippen molar-refractivity contribution in [3.05, 3.63) is 28.2 Å². The van der Waals surface area contributed by atoms with Crippen molar-refractivity contribution in [1.29, 1.82) is 0 Å². The topological polar surface area (TPSA) is 3.01 Å². The third-order valence-electron chi connectivity index (χ3n) is 3.55. The van der Waals surface area contributed by atoms with Crippen molar-refractivity contribution in [1.82, 2.24) is 0 Å². The fourth-order valence-corrected chi connectivity index (χ4v) is 2.73. The zero-order chi connectivity index (χ0) is 11.2. The molecule has 0 N–H and O–H groups in total. The molecule has 3 heteroatoms. The van der Waals surface area contributed by atoms with Crippen LogP contribution in [0.1, 0.15) is 33.3 Å². The first kappa shape index (κ1) is 14.2. The molecule has 0 amide bonds. The van der Waals surface area contributed by atoms with E-state index < -0.39 is 0 Å². The van der Waals surface area contributed by atoms with Crippen LogP contribution in [0.5, 0.6) is 0 Å². The first-order valence-electron chi connectivity index (χ1n) is 5.40. The van der Waals surface area contributed by atoms with Crippen LogP contribution in [-0.4, -0.2) is 16.8 Å². The lowest BCUT2D eigenvalue weighted by atomic mass is 9.82. The van der Waals surface area contributed by atoms with Gasteiger partial charge >= 0.3 is 0 Å². The minimum atomic E-state index is 0. The van der Waals surface area contributed by atoms with Gasteiger partial charge in [0, 0.05) is 23.0 Å². The van der Waals surface area contributed by atoms with E-state index in [9.17, 15) is 0 Å². The summed E-state index contributed by atoms with van der Waals surface area (Å²) in [6.45, 7) is 10.1. The van der Waals surface area contributed by atoms with Crippen molar-refractivity contribution in [2.24, 2.45) is 0 Å². The first-order valence-corrected chi connectivity index (χ1v) is 6.19. The van der Waals surface area contributed by atoms with Gasteiger partial charge in [0.05, 0.1) is 5.41 Å². The van der Waals surface area contributed by atoms with Crippen LogP contribution in [0.2, 0.25) is 0 Å². The van der Waals surface area contributed by atoms with E-state index in [-0.39, 0.29) is 29.4 Å². The molecular weight excluding hydrogens is 377 g/mol. The number of fused-ring (bicyclic) bond motifs is 1. The molecule has 1 aliphatic heterocycles. The van der Waals surface area contributed by atoms with Crippen LogP contribution >= 0.6 is 15.9 Å². The summed E-state index contributed by atoms with van der Waals surface area (Å²) >= 11 is 3.55. The molecule has 0 aliphatic carbocycles. The van der Waals surface area contributed by atoms with Gasteiger partial charge in [-0.1, -0.05) is 15.9 Å². The van der Waals surface area contributed by atoms with E-state index in [1.165, 1.54) is 21.4 Å². The van der Waals surface area contributed by atoms with Gasteiger partial charge in [-0.25, -0.2) is 0 Å². The molecule has 0 bridgehead atoms. The normalized spacial score (nSPS) is 17.1. The Hall–Kier alpha value is 0.1000. The maximum atomic E-state index is 3.55. The van der Waals surface area contributed by atoms with Crippen LogP contribution in [0, 0.1) is 0 Å². The van der Waals surface area contributed by atoms with E-state index in [4.69, 9.17) is 0 Å². The Balaban J connectivity index is 0.00000128. The van der Waals surface area contributed by atoms with E-state index in [0.717, 1.165) is 6.54 Å². The summed E-state index contributed by atoms with van der Waals surface area (Å²) in [5.41, 5.74) is 4.40. The smallest absolute Gasteiger partial charge is 0.209 e. The van der Waals surface area contributed by atoms with Crippen LogP contribution in [0.3, 0.4) is 0 Å². The Kier molecular flexibility index (Phi) is 4.22. The zero-order valence-corrected chi connectivity index (χ0v) is 13.9. The second kappa shape index (κ2) is 4.77. The molecule has 0 radical (unpaired) electrons. The van der Waals surface area contributed by atoms with Gasteiger partial charge in [-0.2, -0.15) is 4.58 Å². The third-order valence-corrected chi connectivity index (χ3v) is 4.04. The number of hydrogen-bond acceptors (Lipinski definition) is 0. The van der Waals surface area contributed by atoms with Gasteiger partial charge in [-0.05, 0) is 32.9 Å². The number of nitrogens with zero attached hydrogens (tertiary/aromatic N) is 1. The lowest BCUT2D eigenvalue weighted by Gasteiger charge is -2.14. The Morgan fingerprint density at radius 2 is 1.94 bits per heavy atom. The Morgan fingerprint density at radius 1 is 1.31 bits per heavy atom. The molecule has 1 aromatic carbocycles. The predicted molar refractivity (Wildman–Crippen MR) is 68.3 cm³/mol. The maximum Gasteiger partial charge on any atom is 0.209 e. The van der Waals surface area contributed by atoms with Crippen molar-refractivity contribution in [3.8, 4) is 0 Å². The van der Waals surface area contributed by atoms with Crippen molar-refractivity contribution in [3.63, 3.8) is 0 Å². The second-order valence-corrected chi connectivity index (χ2v) is 5.53. The number of rotatable bonds is 1. The highest BCUT2D eigenvalue weighted by Gasteiger charge is 2.42. The summed E-state index contributed by atoms with van der Waals surface area (Å²) in [6.07, 6.45) is 0. The van der Waals surface area contributed by atoms with Gasteiger partial charge in [-0.3, -0.25) is 0 Å². The highest BCUT2D eigenvalue weighted by atomic mass is 127. The summed E-state index contributed by atoms with van der Waals surface area (Å²) < 4.78 is 3.57. The number of hydrogen-bond donors (Lipinski definition) is 0. The highest BCUT2D eigenvalue weighted by molar-refractivity contribution is 9.10. The van der Waals surface area contributed by atoms with Crippen LogP contribution < -0.4 is 24.0 Å². The third kappa shape index (κ3) is 1.96. The quantitative estimate of drug-likeness (QED) is 0.492. The summed E-state index contributed by atoms with van der Waals surface area (Å²) in [5.74, 6) is 0.